The molecule has 0 aliphatic rings. The molecule has 0 bridgehead atoms. The second-order valence-corrected chi connectivity index (χ2v) is 3.35. The van der Waals surface area contributed by atoms with Gasteiger partial charge in [-0.15, -0.1) is 0 Å². The Balaban J connectivity index is 3.06. The van der Waals surface area contributed by atoms with Crippen molar-refractivity contribution < 1.29 is 14.5 Å². The van der Waals surface area contributed by atoms with E-state index < -0.39 is 16.9 Å². The summed E-state index contributed by atoms with van der Waals surface area (Å²) in [6.07, 6.45) is 1.40. The van der Waals surface area contributed by atoms with Gasteiger partial charge in [0, 0.05) is 7.11 Å². The van der Waals surface area contributed by atoms with E-state index in [0.717, 1.165) is 0 Å². The molecule has 0 radical (unpaired) electrons. The number of ether oxygens (including phenoxy) is 1. The summed E-state index contributed by atoms with van der Waals surface area (Å²) in [5.74, 6) is 4.18. The van der Waals surface area contributed by atoms with Crippen LogP contribution in [-0.2, 0) is 9.53 Å². The number of methoxy groups -OCH3 is 1. The summed E-state index contributed by atoms with van der Waals surface area (Å²) in [7, 11) is 1.40. The third kappa shape index (κ3) is 2.77. The Hall–Kier alpha value is -2.00. The molecule has 0 spiro atoms. The van der Waals surface area contributed by atoms with Gasteiger partial charge in [-0.05, 0) is 11.8 Å². The average Bonchev–Trinajstić information content (AvgIpc) is 2.67. The van der Waals surface area contributed by atoms with Crippen molar-refractivity contribution in [2.45, 2.75) is 13.0 Å². The maximum Gasteiger partial charge on any atom is 0.392 e. The second-order valence-electron chi connectivity index (χ2n) is 3.35. The molecule has 9 nitrogen and oxygen atoms in total. The van der Waals surface area contributed by atoms with Crippen LogP contribution in [0.4, 0.5) is 5.82 Å². The number of aromatic nitrogens is 2. The van der Waals surface area contributed by atoms with E-state index in [9.17, 15) is 14.9 Å². The molecule has 3 N–H and O–H groups in total. The van der Waals surface area contributed by atoms with Gasteiger partial charge in [0.1, 0.15) is 0 Å². The van der Waals surface area contributed by atoms with Gasteiger partial charge in [0.2, 0.25) is 0 Å². The van der Waals surface area contributed by atoms with E-state index in [1.807, 2.05) is 5.43 Å². The Morgan fingerprint density at radius 3 is 2.88 bits per heavy atom. The van der Waals surface area contributed by atoms with Crippen molar-refractivity contribution in [1.29, 1.82) is 0 Å². The first-order valence-corrected chi connectivity index (χ1v) is 4.70. The number of nitrogens with two attached hydrogens (primary N) is 1. The summed E-state index contributed by atoms with van der Waals surface area (Å²) < 4.78 is 6.01. The van der Waals surface area contributed by atoms with Gasteiger partial charge < -0.3 is 14.9 Å². The first-order valence-electron chi connectivity index (χ1n) is 4.70. The van der Waals surface area contributed by atoms with E-state index in [2.05, 4.69) is 5.10 Å². The van der Waals surface area contributed by atoms with Crippen molar-refractivity contribution in [3.8, 4) is 0 Å². The molecule has 0 fully saturated rings. The van der Waals surface area contributed by atoms with Crippen LogP contribution in [0.3, 0.4) is 0 Å². The van der Waals surface area contributed by atoms with Crippen LogP contribution >= 0.6 is 0 Å². The highest BCUT2D eigenvalue weighted by Gasteiger charge is 2.27. The molecule has 1 rings (SSSR count). The molecule has 0 aromatic carbocycles. The van der Waals surface area contributed by atoms with Crippen LogP contribution in [0.1, 0.15) is 11.6 Å². The first-order chi connectivity index (χ1) is 8.01. The minimum absolute atomic E-state index is 0.0152. The van der Waals surface area contributed by atoms with Gasteiger partial charge in [-0.3, -0.25) is 10.2 Å². The van der Waals surface area contributed by atoms with Gasteiger partial charge in [-0.2, -0.15) is 4.68 Å². The Bertz CT molecular complexity index is 430. The van der Waals surface area contributed by atoms with Gasteiger partial charge >= 0.3 is 5.82 Å². The Labute approximate surface area is 96.7 Å². The maximum atomic E-state index is 11.4. The van der Waals surface area contributed by atoms with Gasteiger partial charge in [0.15, 0.2) is 6.04 Å². The fourth-order valence-corrected chi connectivity index (χ4v) is 1.34. The number of carbonyl (C=O) groups excluding carboxylic acids is 1. The molecule has 1 amide bonds. The number of nitro groups is 1. The molecule has 1 aromatic rings. The smallest absolute Gasteiger partial charge is 0.382 e. The third-order valence-electron chi connectivity index (χ3n) is 2.15. The predicted octanol–water partition coefficient (Wildman–Crippen LogP) is -0.723. The van der Waals surface area contributed by atoms with Crippen molar-refractivity contribution in [3.05, 3.63) is 21.9 Å². The fraction of sp³-hybridized carbons (Fsp3) is 0.500. The van der Waals surface area contributed by atoms with Crippen LogP contribution in [0.5, 0.6) is 0 Å². The standard InChI is InChI=1S/C8H13N5O4/c1-5-3-12(11-7(5)13(15)16)6(4-17-2)8(14)10-9/h3,6H,4,9H2,1-2H3,(H,10,14). The highest BCUT2D eigenvalue weighted by atomic mass is 16.6. The van der Waals surface area contributed by atoms with Crippen LogP contribution in [0.2, 0.25) is 0 Å². The number of hydrogen-bond donors (Lipinski definition) is 2. The maximum absolute atomic E-state index is 11.4. The highest BCUT2D eigenvalue weighted by molar-refractivity contribution is 5.79. The summed E-state index contributed by atoms with van der Waals surface area (Å²) in [4.78, 5) is 21.5. The molecule has 0 saturated heterocycles. The number of hydrazine groups is 1. The largest absolute Gasteiger partial charge is 0.392 e. The highest BCUT2D eigenvalue weighted by Crippen LogP contribution is 2.17. The lowest BCUT2D eigenvalue weighted by molar-refractivity contribution is -0.390. The molecule has 17 heavy (non-hydrogen) atoms. The fourth-order valence-electron chi connectivity index (χ4n) is 1.34. The van der Waals surface area contributed by atoms with E-state index in [1.54, 1.807) is 0 Å². The lowest BCUT2D eigenvalue weighted by Gasteiger charge is -2.11. The molecule has 0 saturated carbocycles. The van der Waals surface area contributed by atoms with E-state index in [1.165, 1.54) is 24.9 Å². The molecule has 94 valence electrons. The van der Waals surface area contributed by atoms with E-state index in [-0.39, 0.29) is 12.4 Å². The van der Waals surface area contributed by atoms with Crippen molar-refractivity contribution in [1.82, 2.24) is 15.2 Å². The van der Waals surface area contributed by atoms with Crippen LogP contribution < -0.4 is 11.3 Å². The van der Waals surface area contributed by atoms with Gasteiger partial charge in [0.05, 0.1) is 23.5 Å². The molecule has 1 unspecified atom stereocenters. The SMILES string of the molecule is COCC(C(=O)NN)n1cc(C)c([N+](=O)[O-])n1. The average molecular weight is 243 g/mol. The molecular weight excluding hydrogens is 230 g/mol. The monoisotopic (exact) mass is 243 g/mol. The zero-order valence-electron chi connectivity index (χ0n) is 9.41. The van der Waals surface area contributed by atoms with Crippen molar-refractivity contribution >= 4 is 11.7 Å². The van der Waals surface area contributed by atoms with Crippen LogP contribution in [-0.4, -0.2) is 34.3 Å². The number of aryl methyl sites for hydroxylation is 1. The van der Waals surface area contributed by atoms with Crippen LogP contribution in [0, 0.1) is 17.0 Å². The molecule has 1 atom stereocenters. The number of hydrogen-bond acceptors (Lipinski definition) is 6. The lowest BCUT2D eigenvalue weighted by atomic mass is 10.3. The predicted molar refractivity (Wildman–Crippen MR) is 56.9 cm³/mol. The van der Waals surface area contributed by atoms with E-state index >= 15 is 0 Å². The lowest BCUT2D eigenvalue weighted by Crippen LogP contribution is -2.39. The summed E-state index contributed by atoms with van der Waals surface area (Å²) in [6, 6.07) is -0.836. The molecule has 1 aromatic heterocycles. The van der Waals surface area contributed by atoms with Crippen molar-refractivity contribution in [3.63, 3.8) is 0 Å². The van der Waals surface area contributed by atoms with E-state index in [4.69, 9.17) is 10.6 Å². The van der Waals surface area contributed by atoms with Crippen molar-refractivity contribution in [2.24, 2.45) is 5.84 Å². The molecule has 0 aliphatic heterocycles. The van der Waals surface area contributed by atoms with Gasteiger partial charge in [-0.1, -0.05) is 0 Å². The summed E-state index contributed by atoms with van der Waals surface area (Å²) >= 11 is 0. The van der Waals surface area contributed by atoms with Gasteiger partial charge in [0.25, 0.3) is 5.91 Å². The number of nitrogens with one attached hydrogen (secondary N) is 1. The topological polar surface area (TPSA) is 125 Å². The summed E-state index contributed by atoms with van der Waals surface area (Å²) in [5, 5.41) is 14.3. The number of nitrogens with zero attached hydrogens (tertiary/aromatic N) is 3. The molecule has 0 aliphatic carbocycles. The number of amides is 1. The third-order valence-corrected chi connectivity index (χ3v) is 2.15. The second kappa shape index (κ2) is 5.37. The quantitative estimate of drug-likeness (QED) is 0.304. The Kier molecular flexibility index (Phi) is 4.12. The molecule has 9 heteroatoms. The van der Waals surface area contributed by atoms with Crippen LogP contribution in [0.15, 0.2) is 6.20 Å². The normalized spacial score (nSPS) is 12.2. The summed E-state index contributed by atoms with van der Waals surface area (Å²) in [5.41, 5.74) is 2.32. The van der Waals surface area contributed by atoms with Crippen LogP contribution in [0.25, 0.3) is 0 Å². The molecular formula is C8H13N5O4. The Morgan fingerprint density at radius 2 is 2.47 bits per heavy atom. The number of carbonyl (C=O) groups is 1. The minimum atomic E-state index is -0.836. The zero-order chi connectivity index (χ0) is 13.0. The zero-order valence-corrected chi connectivity index (χ0v) is 9.41. The molecule has 1 heterocycles. The number of rotatable bonds is 5. The van der Waals surface area contributed by atoms with E-state index in [0.29, 0.717) is 5.56 Å². The summed E-state index contributed by atoms with van der Waals surface area (Å²) in [6.45, 7) is 1.55. The first kappa shape index (κ1) is 13.1. The van der Waals surface area contributed by atoms with Crippen molar-refractivity contribution in [2.75, 3.05) is 13.7 Å². The minimum Gasteiger partial charge on any atom is -0.382 e. The Morgan fingerprint density at radius 1 is 1.82 bits per heavy atom. The van der Waals surface area contributed by atoms with Gasteiger partial charge in [-0.25, -0.2) is 5.84 Å².